The minimum atomic E-state index is -0.383. The van der Waals surface area contributed by atoms with Gasteiger partial charge in [0.05, 0.1) is 13.2 Å². The van der Waals surface area contributed by atoms with Crippen molar-refractivity contribution in [1.82, 2.24) is 10.4 Å². The predicted octanol–water partition coefficient (Wildman–Crippen LogP) is 1.12. The molecule has 1 atom stereocenters. The maximum Gasteiger partial charge on any atom is 0.332 e. The molecule has 2 aliphatic heterocycles. The number of carbonyl (C=O) groups is 1. The molecule has 5 heteroatoms. The molecule has 0 aromatic carbocycles. The molecule has 0 fully saturated rings. The Morgan fingerprint density at radius 1 is 1.65 bits per heavy atom. The molecule has 1 unspecified atom stereocenters. The molecule has 0 aromatic heterocycles. The van der Waals surface area contributed by atoms with Crippen LogP contribution < -0.4 is 5.43 Å². The van der Waals surface area contributed by atoms with E-state index in [1.807, 2.05) is 26.2 Å². The zero-order valence-corrected chi connectivity index (χ0v) is 10.1. The Morgan fingerprint density at radius 3 is 3.12 bits per heavy atom. The van der Waals surface area contributed by atoms with Crippen LogP contribution in [0.5, 0.6) is 0 Å². The number of hydrazine groups is 1. The molecule has 17 heavy (non-hydrogen) atoms. The molecule has 2 rings (SSSR count). The quantitative estimate of drug-likeness (QED) is 0.573. The van der Waals surface area contributed by atoms with Gasteiger partial charge in [-0.25, -0.2) is 4.79 Å². The zero-order valence-electron chi connectivity index (χ0n) is 10.1. The lowest BCUT2D eigenvalue weighted by Gasteiger charge is -2.23. The van der Waals surface area contributed by atoms with Gasteiger partial charge >= 0.3 is 5.97 Å². The first-order valence-corrected chi connectivity index (χ1v) is 5.39. The van der Waals surface area contributed by atoms with Crippen LogP contribution >= 0.6 is 0 Å². The first-order valence-electron chi connectivity index (χ1n) is 5.39. The number of nitrogens with zero attached hydrogens (tertiary/aromatic N) is 2. The second-order valence-electron chi connectivity index (χ2n) is 3.91. The van der Waals surface area contributed by atoms with Gasteiger partial charge in [0.25, 0.3) is 0 Å². The van der Waals surface area contributed by atoms with Crippen LogP contribution in [0.15, 0.2) is 40.8 Å². The van der Waals surface area contributed by atoms with Gasteiger partial charge < -0.3 is 10.2 Å². The van der Waals surface area contributed by atoms with E-state index in [9.17, 15) is 4.79 Å². The highest BCUT2D eigenvalue weighted by molar-refractivity contribution is 6.05. The Balaban J connectivity index is 2.12. The summed E-state index contributed by atoms with van der Waals surface area (Å²) >= 11 is 0. The number of hydrogen-bond acceptors (Lipinski definition) is 5. The minimum Gasteiger partial charge on any atom is -0.466 e. The summed E-state index contributed by atoms with van der Waals surface area (Å²) < 4.78 is 4.53. The van der Waals surface area contributed by atoms with Crippen LogP contribution in [0.4, 0.5) is 0 Å². The molecule has 90 valence electrons. The summed E-state index contributed by atoms with van der Waals surface area (Å²) in [6.07, 6.45) is 6.79. The topological polar surface area (TPSA) is 53.9 Å². The molecule has 0 aromatic rings. The fraction of sp³-hybridized carbons (Fsp3) is 0.333. The number of nitrogens with one attached hydrogen (secondary N) is 1. The lowest BCUT2D eigenvalue weighted by Crippen LogP contribution is -2.29. The van der Waals surface area contributed by atoms with E-state index in [0.717, 1.165) is 16.9 Å². The summed E-state index contributed by atoms with van der Waals surface area (Å²) in [7, 11) is 1.35. The molecule has 2 heterocycles. The summed E-state index contributed by atoms with van der Waals surface area (Å²) in [5.74, 6) is -0.383. The van der Waals surface area contributed by atoms with Crippen molar-refractivity contribution in [2.45, 2.75) is 19.9 Å². The number of fused-ring (bicyclic) bond motifs is 1. The van der Waals surface area contributed by atoms with Crippen LogP contribution in [0, 0.1) is 0 Å². The molecule has 5 nitrogen and oxygen atoms in total. The fourth-order valence-corrected chi connectivity index (χ4v) is 1.85. The van der Waals surface area contributed by atoms with E-state index in [2.05, 4.69) is 15.2 Å². The summed E-state index contributed by atoms with van der Waals surface area (Å²) in [5.41, 5.74) is 6.35. The molecule has 0 bridgehead atoms. The van der Waals surface area contributed by atoms with Crippen LogP contribution in [0.2, 0.25) is 0 Å². The monoisotopic (exact) mass is 233 g/mol. The molecule has 0 radical (unpaired) electrons. The lowest BCUT2D eigenvalue weighted by atomic mass is 10.0. The van der Waals surface area contributed by atoms with E-state index in [-0.39, 0.29) is 12.0 Å². The van der Waals surface area contributed by atoms with Crippen molar-refractivity contribution in [2.24, 2.45) is 4.99 Å². The smallest absolute Gasteiger partial charge is 0.332 e. The van der Waals surface area contributed by atoms with Crippen LogP contribution in [0.25, 0.3) is 0 Å². The van der Waals surface area contributed by atoms with E-state index < -0.39 is 0 Å². The highest BCUT2D eigenvalue weighted by Crippen LogP contribution is 2.27. The maximum absolute atomic E-state index is 11.0. The second-order valence-corrected chi connectivity index (χ2v) is 3.91. The Kier molecular flexibility index (Phi) is 2.99. The number of aliphatic imine (C=N–C) groups is 1. The van der Waals surface area contributed by atoms with E-state index in [0.29, 0.717) is 0 Å². The van der Waals surface area contributed by atoms with Crippen molar-refractivity contribution < 1.29 is 9.53 Å². The summed E-state index contributed by atoms with van der Waals surface area (Å²) in [5, 5.41) is 1.71. The van der Waals surface area contributed by atoms with E-state index in [4.69, 9.17) is 0 Å². The van der Waals surface area contributed by atoms with Gasteiger partial charge in [-0.15, -0.1) is 0 Å². The zero-order chi connectivity index (χ0) is 12.4. The number of esters is 1. The lowest BCUT2D eigenvalue weighted by molar-refractivity contribution is -0.134. The van der Waals surface area contributed by atoms with Gasteiger partial charge in [0.15, 0.2) is 0 Å². The second kappa shape index (κ2) is 4.45. The molecule has 0 spiro atoms. The van der Waals surface area contributed by atoms with Crippen molar-refractivity contribution in [2.75, 3.05) is 7.11 Å². The Bertz CT molecular complexity index is 460. The molecule has 0 amide bonds. The minimum absolute atomic E-state index is 0.164. The van der Waals surface area contributed by atoms with Crippen LogP contribution in [-0.4, -0.2) is 29.8 Å². The van der Waals surface area contributed by atoms with Crippen LogP contribution in [0.3, 0.4) is 0 Å². The summed E-state index contributed by atoms with van der Waals surface area (Å²) in [6.45, 7) is 4.04. The third-order valence-electron chi connectivity index (χ3n) is 2.75. The average molecular weight is 233 g/mol. The largest absolute Gasteiger partial charge is 0.466 e. The van der Waals surface area contributed by atoms with E-state index in [1.54, 1.807) is 11.2 Å². The van der Waals surface area contributed by atoms with E-state index in [1.165, 1.54) is 13.2 Å². The average Bonchev–Trinajstić information content (AvgIpc) is 2.62. The Morgan fingerprint density at radius 2 is 2.41 bits per heavy atom. The normalized spacial score (nSPS) is 22.6. The molecule has 1 N–H and O–H groups in total. The summed E-state index contributed by atoms with van der Waals surface area (Å²) in [4.78, 5) is 15.5. The van der Waals surface area contributed by atoms with E-state index >= 15 is 0 Å². The number of ether oxygens (including phenoxy) is 1. The number of rotatable bonds is 2. The third-order valence-corrected chi connectivity index (χ3v) is 2.75. The number of carbonyl (C=O) groups excluding carboxylic acids is 1. The van der Waals surface area contributed by atoms with Gasteiger partial charge in [0, 0.05) is 41.5 Å². The van der Waals surface area contributed by atoms with Crippen LogP contribution in [0.1, 0.15) is 13.8 Å². The molecular weight excluding hydrogens is 218 g/mol. The van der Waals surface area contributed by atoms with Gasteiger partial charge in [-0.3, -0.25) is 10.0 Å². The van der Waals surface area contributed by atoms with Crippen molar-refractivity contribution in [3.63, 3.8) is 0 Å². The highest BCUT2D eigenvalue weighted by Gasteiger charge is 2.25. The molecule has 0 aliphatic carbocycles. The van der Waals surface area contributed by atoms with Gasteiger partial charge in [-0.05, 0) is 13.8 Å². The SMILES string of the molecule is COC(=O)C=CN1C=C2C(=CN1)C(C)=NC2C. The van der Waals surface area contributed by atoms with Crippen molar-refractivity contribution in [3.05, 3.63) is 35.8 Å². The molecule has 0 saturated carbocycles. The Hall–Kier alpha value is -2.04. The maximum atomic E-state index is 11.0. The van der Waals surface area contributed by atoms with Crippen molar-refractivity contribution >= 4 is 11.7 Å². The van der Waals surface area contributed by atoms with Crippen LogP contribution in [-0.2, 0) is 9.53 Å². The van der Waals surface area contributed by atoms with Crippen molar-refractivity contribution in [1.29, 1.82) is 0 Å². The highest BCUT2D eigenvalue weighted by atomic mass is 16.5. The van der Waals surface area contributed by atoms with Gasteiger partial charge in [0.2, 0.25) is 0 Å². The molecule has 2 aliphatic rings. The standard InChI is InChI=1S/C12H15N3O2/c1-8-10-6-13-15(5-4-12(16)17-3)7-11(10)9(2)14-8/h4-7,9,13H,1-3H3. The van der Waals surface area contributed by atoms with Gasteiger partial charge in [-0.1, -0.05) is 0 Å². The van der Waals surface area contributed by atoms with Gasteiger partial charge in [0.1, 0.15) is 0 Å². The first kappa shape index (κ1) is 11.4. The third kappa shape index (κ3) is 2.22. The number of hydrogen-bond donors (Lipinski definition) is 1. The number of methoxy groups -OCH3 is 1. The van der Waals surface area contributed by atoms with Gasteiger partial charge in [-0.2, -0.15) is 0 Å². The summed E-state index contributed by atoms with van der Waals surface area (Å²) in [6, 6.07) is 0.164. The predicted molar refractivity (Wildman–Crippen MR) is 64.9 cm³/mol. The fourth-order valence-electron chi connectivity index (χ4n) is 1.85. The van der Waals surface area contributed by atoms with Crippen molar-refractivity contribution in [3.8, 4) is 0 Å². The Labute approximate surface area is 100 Å². The molecular formula is C12H15N3O2. The molecule has 0 saturated heterocycles. The first-order chi connectivity index (χ1) is 8.11.